The van der Waals surface area contributed by atoms with Crippen LogP contribution in [0.4, 0.5) is 0 Å². The summed E-state index contributed by atoms with van der Waals surface area (Å²) in [6.45, 7) is 8.72. The SMILES string of the molecule is CCN(CC)CCNC(=O)C1CC(OC)CN1. The highest BCUT2D eigenvalue weighted by Gasteiger charge is 2.28. The van der Waals surface area contributed by atoms with Crippen molar-refractivity contribution >= 4 is 5.91 Å². The summed E-state index contributed by atoms with van der Waals surface area (Å²) in [5, 5.41) is 6.14. The molecule has 0 aliphatic carbocycles. The van der Waals surface area contributed by atoms with E-state index in [1.54, 1.807) is 7.11 Å². The lowest BCUT2D eigenvalue weighted by Crippen LogP contribution is -2.43. The normalized spacial score (nSPS) is 24.2. The number of carbonyl (C=O) groups is 1. The highest BCUT2D eigenvalue weighted by molar-refractivity contribution is 5.82. The topological polar surface area (TPSA) is 53.6 Å². The Morgan fingerprint density at radius 1 is 1.47 bits per heavy atom. The van der Waals surface area contributed by atoms with Gasteiger partial charge in [-0.05, 0) is 19.5 Å². The minimum absolute atomic E-state index is 0.0864. The largest absolute Gasteiger partial charge is 0.380 e. The van der Waals surface area contributed by atoms with Crippen molar-refractivity contribution in [2.24, 2.45) is 0 Å². The number of amides is 1. The zero-order valence-corrected chi connectivity index (χ0v) is 11.2. The second-order valence-electron chi connectivity index (χ2n) is 4.37. The van der Waals surface area contributed by atoms with E-state index in [0.717, 1.165) is 39.1 Å². The molecular weight excluding hydrogens is 218 g/mol. The molecule has 0 saturated carbocycles. The van der Waals surface area contributed by atoms with Gasteiger partial charge in [0.1, 0.15) is 0 Å². The molecule has 0 aromatic rings. The molecule has 0 radical (unpaired) electrons. The van der Waals surface area contributed by atoms with Crippen LogP contribution in [0.2, 0.25) is 0 Å². The zero-order valence-electron chi connectivity index (χ0n) is 11.2. The molecule has 1 amide bonds. The molecule has 1 fully saturated rings. The number of ether oxygens (including phenoxy) is 1. The summed E-state index contributed by atoms with van der Waals surface area (Å²) in [7, 11) is 1.69. The molecule has 1 heterocycles. The van der Waals surface area contributed by atoms with E-state index in [4.69, 9.17) is 4.74 Å². The lowest BCUT2D eigenvalue weighted by atomic mass is 10.2. The first-order valence-electron chi connectivity index (χ1n) is 6.47. The summed E-state index contributed by atoms with van der Waals surface area (Å²) in [6.07, 6.45) is 0.946. The maximum Gasteiger partial charge on any atom is 0.237 e. The fourth-order valence-electron chi connectivity index (χ4n) is 2.08. The number of carbonyl (C=O) groups excluding carboxylic acids is 1. The fraction of sp³-hybridized carbons (Fsp3) is 0.917. The number of nitrogens with zero attached hydrogens (tertiary/aromatic N) is 1. The Morgan fingerprint density at radius 3 is 2.71 bits per heavy atom. The van der Waals surface area contributed by atoms with Gasteiger partial charge >= 0.3 is 0 Å². The highest BCUT2D eigenvalue weighted by atomic mass is 16.5. The maximum atomic E-state index is 11.8. The maximum absolute atomic E-state index is 11.8. The van der Waals surface area contributed by atoms with Gasteiger partial charge in [0.25, 0.3) is 0 Å². The second kappa shape index (κ2) is 7.63. The van der Waals surface area contributed by atoms with Gasteiger partial charge in [-0.1, -0.05) is 13.8 Å². The third-order valence-electron chi connectivity index (χ3n) is 3.36. The number of methoxy groups -OCH3 is 1. The summed E-state index contributed by atoms with van der Waals surface area (Å²) in [6, 6.07) is -0.0864. The van der Waals surface area contributed by atoms with Gasteiger partial charge in [0, 0.05) is 26.7 Å². The average Bonchev–Trinajstić information content (AvgIpc) is 2.83. The summed E-state index contributed by atoms with van der Waals surface area (Å²) >= 11 is 0. The predicted molar refractivity (Wildman–Crippen MR) is 68.0 cm³/mol. The van der Waals surface area contributed by atoms with Crippen molar-refractivity contribution in [3.8, 4) is 0 Å². The highest BCUT2D eigenvalue weighted by Crippen LogP contribution is 2.09. The molecule has 1 aliphatic rings. The molecule has 1 aliphatic heterocycles. The third-order valence-corrected chi connectivity index (χ3v) is 3.36. The second-order valence-corrected chi connectivity index (χ2v) is 4.37. The van der Waals surface area contributed by atoms with Crippen molar-refractivity contribution < 1.29 is 9.53 Å². The van der Waals surface area contributed by atoms with Crippen LogP contribution in [0, 0.1) is 0 Å². The van der Waals surface area contributed by atoms with E-state index in [1.807, 2.05) is 0 Å². The minimum Gasteiger partial charge on any atom is -0.380 e. The Labute approximate surface area is 104 Å². The summed E-state index contributed by atoms with van der Waals surface area (Å²) < 4.78 is 5.22. The number of rotatable bonds is 7. The quantitative estimate of drug-likeness (QED) is 0.651. The third kappa shape index (κ3) is 4.61. The van der Waals surface area contributed by atoms with Crippen LogP contribution in [0.1, 0.15) is 20.3 Å². The molecule has 17 heavy (non-hydrogen) atoms. The van der Waals surface area contributed by atoms with E-state index in [1.165, 1.54) is 0 Å². The number of nitrogens with one attached hydrogen (secondary N) is 2. The Bertz CT molecular complexity index is 232. The van der Waals surface area contributed by atoms with Gasteiger partial charge in [-0.2, -0.15) is 0 Å². The monoisotopic (exact) mass is 243 g/mol. The van der Waals surface area contributed by atoms with Gasteiger partial charge < -0.3 is 20.3 Å². The minimum atomic E-state index is -0.0864. The Balaban J connectivity index is 2.17. The molecule has 1 saturated heterocycles. The summed E-state index contributed by atoms with van der Waals surface area (Å²) in [4.78, 5) is 14.1. The lowest BCUT2D eigenvalue weighted by molar-refractivity contribution is -0.123. The van der Waals surface area contributed by atoms with Crippen molar-refractivity contribution in [3.05, 3.63) is 0 Å². The van der Waals surface area contributed by atoms with Gasteiger partial charge in [-0.3, -0.25) is 4.79 Å². The average molecular weight is 243 g/mol. The Morgan fingerprint density at radius 2 is 2.18 bits per heavy atom. The molecule has 0 aromatic carbocycles. The number of hydrogen-bond donors (Lipinski definition) is 2. The smallest absolute Gasteiger partial charge is 0.237 e. The molecule has 0 aromatic heterocycles. The van der Waals surface area contributed by atoms with Gasteiger partial charge in [-0.25, -0.2) is 0 Å². The standard InChI is InChI=1S/C12H25N3O2/c1-4-15(5-2)7-6-13-12(16)11-8-10(17-3)9-14-11/h10-11,14H,4-9H2,1-3H3,(H,13,16). The van der Waals surface area contributed by atoms with Crippen LogP contribution >= 0.6 is 0 Å². The molecule has 5 heteroatoms. The molecule has 1 rings (SSSR count). The fourth-order valence-corrected chi connectivity index (χ4v) is 2.08. The van der Waals surface area contributed by atoms with Crippen LogP contribution in [0.5, 0.6) is 0 Å². The van der Waals surface area contributed by atoms with Crippen LogP contribution in [0.3, 0.4) is 0 Å². The van der Waals surface area contributed by atoms with E-state index >= 15 is 0 Å². The Hall–Kier alpha value is -0.650. The van der Waals surface area contributed by atoms with Gasteiger partial charge in [-0.15, -0.1) is 0 Å². The van der Waals surface area contributed by atoms with Crippen LogP contribution < -0.4 is 10.6 Å². The molecule has 2 N–H and O–H groups in total. The van der Waals surface area contributed by atoms with E-state index in [0.29, 0.717) is 0 Å². The molecular formula is C12H25N3O2. The molecule has 2 unspecified atom stereocenters. The van der Waals surface area contributed by atoms with E-state index < -0.39 is 0 Å². The first-order valence-corrected chi connectivity index (χ1v) is 6.47. The molecule has 5 nitrogen and oxygen atoms in total. The number of likely N-dealkylation sites (N-methyl/N-ethyl adjacent to an activating group) is 1. The molecule has 0 spiro atoms. The zero-order chi connectivity index (χ0) is 12.7. The van der Waals surface area contributed by atoms with Crippen molar-refractivity contribution in [3.63, 3.8) is 0 Å². The first-order chi connectivity index (χ1) is 8.21. The van der Waals surface area contributed by atoms with E-state index in [-0.39, 0.29) is 18.1 Å². The van der Waals surface area contributed by atoms with Crippen molar-refractivity contribution in [1.82, 2.24) is 15.5 Å². The van der Waals surface area contributed by atoms with E-state index in [2.05, 4.69) is 29.4 Å². The van der Waals surface area contributed by atoms with Crippen LogP contribution in [0.15, 0.2) is 0 Å². The van der Waals surface area contributed by atoms with E-state index in [9.17, 15) is 4.79 Å². The summed E-state index contributed by atoms with van der Waals surface area (Å²) in [5.74, 6) is 0.0942. The van der Waals surface area contributed by atoms with Gasteiger partial charge in [0.05, 0.1) is 12.1 Å². The molecule has 100 valence electrons. The Kier molecular flexibility index (Phi) is 6.47. The number of hydrogen-bond acceptors (Lipinski definition) is 4. The predicted octanol–water partition coefficient (Wildman–Crippen LogP) is -0.179. The lowest BCUT2D eigenvalue weighted by Gasteiger charge is -2.19. The van der Waals surface area contributed by atoms with Crippen LogP contribution in [-0.4, -0.2) is 62.8 Å². The van der Waals surface area contributed by atoms with Crippen molar-refractivity contribution in [2.75, 3.05) is 39.8 Å². The first kappa shape index (κ1) is 14.4. The molecule has 0 bridgehead atoms. The van der Waals surface area contributed by atoms with Crippen molar-refractivity contribution in [1.29, 1.82) is 0 Å². The summed E-state index contributed by atoms with van der Waals surface area (Å²) in [5.41, 5.74) is 0. The molecule has 2 atom stereocenters. The van der Waals surface area contributed by atoms with Crippen LogP contribution in [0.25, 0.3) is 0 Å². The van der Waals surface area contributed by atoms with Crippen molar-refractivity contribution in [2.45, 2.75) is 32.4 Å². The van der Waals surface area contributed by atoms with Crippen LogP contribution in [-0.2, 0) is 9.53 Å². The van der Waals surface area contributed by atoms with Gasteiger partial charge in [0.2, 0.25) is 5.91 Å². The van der Waals surface area contributed by atoms with Gasteiger partial charge in [0.15, 0.2) is 0 Å².